The number of rotatable bonds is 5. The van der Waals surface area contributed by atoms with E-state index in [4.69, 9.17) is 16.3 Å². The van der Waals surface area contributed by atoms with Crippen LogP contribution < -0.4 is 10.1 Å². The topological polar surface area (TPSA) is 21.3 Å². The van der Waals surface area contributed by atoms with E-state index in [0.717, 1.165) is 17.9 Å². The van der Waals surface area contributed by atoms with Crippen molar-refractivity contribution in [1.29, 1.82) is 0 Å². The Kier molecular flexibility index (Phi) is 3.90. The summed E-state index contributed by atoms with van der Waals surface area (Å²) >= 11 is 6.04. The van der Waals surface area contributed by atoms with Crippen molar-refractivity contribution in [3.8, 4) is 11.5 Å². The Balaban J connectivity index is 1.77. The number of hydrogen-bond acceptors (Lipinski definition) is 2. The molecule has 20 heavy (non-hydrogen) atoms. The molecule has 1 fully saturated rings. The van der Waals surface area contributed by atoms with Crippen molar-refractivity contribution in [2.24, 2.45) is 0 Å². The minimum absolute atomic E-state index is 0.274. The molecule has 2 aromatic rings. The fourth-order valence-corrected chi connectivity index (χ4v) is 2.15. The summed E-state index contributed by atoms with van der Waals surface area (Å²) in [6.45, 7) is 0.724. The average molecular weight is 292 g/mol. The van der Waals surface area contributed by atoms with Crippen molar-refractivity contribution in [3.63, 3.8) is 0 Å². The van der Waals surface area contributed by atoms with Crippen molar-refractivity contribution in [1.82, 2.24) is 5.32 Å². The minimum Gasteiger partial charge on any atom is -0.457 e. The van der Waals surface area contributed by atoms with Crippen molar-refractivity contribution in [3.05, 3.63) is 58.9 Å². The molecule has 0 spiro atoms. The molecule has 0 aromatic heterocycles. The van der Waals surface area contributed by atoms with Crippen LogP contribution >= 0.6 is 11.6 Å². The maximum atomic E-state index is 12.9. The third-order valence-electron chi connectivity index (χ3n) is 3.22. The van der Waals surface area contributed by atoms with Gasteiger partial charge in [-0.1, -0.05) is 11.6 Å². The average Bonchev–Trinajstić information content (AvgIpc) is 3.25. The van der Waals surface area contributed by atoms with E-state index < -0.39 is 0 Å². The highest BCUT2D eigenvalue weighted by Crippen LogP contribution is 2.29. The van der Waals surface area contributed by atoms with Crippen LogP contribution in [0.4, 0.5) is 4.39 Å². The van der Waals surface area contributed by atoms with Crippen molar-refractivity contribution in [2.75, 3.05) is 0 Å². The van der Waals surface area contributed by atoms with Gasteiger partial charge in [-0.15, -0.1) is 0 Å². The molecule has 0 unspecified atom stereocenters. The Morgan fingerprint density at radius 1 is 1.15 bits per heavy atom. The maximum Gasteiger partial charge on any atom is 0.132 e. The molecule has 3 rings (SSSR count). The van der Waals surface area contributed by atoms with E-state index in [1.54, 1.807) is 18.2 Å². The zero-order chi connectivity index (χ0) is 13.9. The molecule has 0 saturated heterocycles. The van der Waals surface area contributed by atoms with E-state index in [1.807, 2.05) is 12.1 Å². The first kappa shape index (κ1) is 13.4. The lowest BCUT2D eigenvalue weighted by Crippen LogP contribution is -2.15. The van der Waals surface area contributed by atoms with E-state index in [9.17, 15) is 4.39 Å². The number of nitrogens with one attached hydrogen (secondary N) is 1. The standard InChI is InChI=1S/C16H15ClFNO/c17-12-1-8-16(11(9-12)10-19-14-4-5-14)20-15-6-2-13(18)3-7-15/h1-3,6-9,14,19H,4-5,10H2. The van der Waals surface area contributed by atoms with Crippen LogP contribution in [0.2, 0.25) is 5.02 Å². The Bertz CT molecular complexity index is 596. The minimum atomic E-state index is -0.274. The lowest BCUT2D eigenvalue weighted by molar-refractivity contribution is 0.470. The van der Waals surface area contributed by atoms with Crippen LogP contribution in [0.5, 0.6) is 11.5 Å². The number of hydrogen-bond donors (Lipinski definition) is 1. The Labute approximate surface area is 122 Å². The maximum absolute atomic E-state index is 12.9. The molecule has 1 N–H and O–H groups in total. The summed E-state index contributed by atoms with van der Waals surface area (Å²) in [4.78, 5) is 0. The second kappa shape index (κ2) is 5.81. The Hall–Kier alpha value is -1.58. The van der Waals surface area contributed by atoms with Crippen LogP contribution in [-0.4, -0.2) is 6.04 Å². The molecule has 0 atom stereocenters. The molecular formula is C16H15ClFNO. The molecule has 0 heterocycles. The fourth-order valence-electron chi connectivity index (χ4n) is 1.96. The molecule has 0 radical (unpaired) electrons. The molecule has 104 valence electrons. The van der Waals surface area contributed by atoms with Gasteiger partial charge in [0.2, 0.25) is 0 Å². The monoisotopic (exact) mass is 291 g/mol. The fraction of sp³-hybridized carbons (Fsp3) is 0.250. The summed E-state index contributed by atoms with van der Waals surface area (Å²) in [5, 5.41) is 4.12. The van der Waals surface area contributed by atoms with E-state index in [-0.39, 0.29) is 5.82 Å². The number of benzene rings is 2. The summed E-state index contributed by atoms with van der Waals surface area (Å²) in [5.74, 6) is 1.08. The van der Waals surface area contributed by atoms with Gasteiger partial charge in [0.05, 0.1) is 0 Å². The summed E-state index contributed by atoms with van der Waals surface area (Å²) in [6.07, 6.45) is 2.46. The molecule has 1 aliphatic rings. The van der Waals surface area contributed by atoms with E-state index in [0.29, 0.717) is 16.8 Å². The SMILES string of the molecule is Fc1ccc(Oc2ccc(Cl)cc2CNC2CC2)cc1. The highest BCUT2D eigenvalue weighted by atomic mass is 35.5. The third kappa shape index (κ3) is 3.50. The smallest absolute Gasteiger partial charge is 0.132 e. The zero-order valence-electron chi connectivity index (χ0n) is 10.9. The van der Waals surface area contributed by atoms with Gasteiger partial charge in [-0.25, -0.2) is 4.39 Å². The lowest BCUT2D eigenvalue weighted by Gasteiger charge is -2.12. The van der Waals surface area contributed by atoms with Gasteiger partial charge in [-0.2, -0.15) is 0 Å². The summed E-state index contributed by atoms with van der Waals surface area (Å²) in [6, 6.07) is 12.1. The second-order valence-electron chi connectivity index (χ2n) is 4.96. The predicted molar refractivity (Wildman–Crippen MR) is 77.8 cm³/mol. The number of ether oxygens (including phenoxy) is 1. The predicted octanol–water partition coefficient (Wildman–Crippen LogP) is 4.52. The highest BCUT2D eigenvalue weighted by Gasteiger charge is 2.20. The van der Waals surface area contributed by atoms with E-state index in [2.05, 4.69) is 5.32 Å². The van der Waals surface area contributed by atoms with Gasteiger partial charge in [-0.05, 0) is 55.3 Å². The first-order valence-electron chi connectivity index (χ1n) is 6.66. The number of halogens is 2. The second-order valence-corrected chi connectivity index (χ2v) is 5.40. The van der Waals surface area contributed by atoms with Crippen molar-refractivity contribution < 1.29 is 9.13 Å². The van der Waals surface area contributed by atoms with Crippen LogP contribution in [0.25, 0.3) is 0 Å². The van der Waals surface area contributed by atoms with Gasteiger partial charge >= 0.3 is 0 Å². The summed E-state index contributed by atoms with van der Waals surface area (Å²) in [5.41, 5.74) is 1.01. The lowest BCUT2D eigenvalue weighted by atomic mass is 10.2. The Morgan fingerprint density at radius 2 is 1.90 bits per heavy atom. The third-order valence-corrected chi connectivity index (χ3v) is 3.46. The van der Waals surface area contributed by atoms with Crippen LogP contribution in [0.1, 0.15) is 18.4 Å². The van der Waals surface area contributed by atoms with Gasteiger partial charge in [0.1, 0.15) is 17.3 Å². The first-order chi connectivity index (χ1) is 9.70. The van der Waals surface area contributed by atoms with E-state index in [1.165, 1.54) is 25.0 Å². The molecule has 2 aromatic carbocycles. The van der Waals surface area contributed by atoms with Gasteiger partial charge < -0.3 is 10.1 Å². The van der Waals surface area contributed by atoms with Crippen LogP contribution in [0.3, 0.4) is 0 Å². The largest absolute Gasteiger partial charge is 0.457 e. The molecule has 1 saturated carbocycles. The highest BCUT2D eigenvalue weighted by molar-refractivity contribution is 6.30. The van der Waals surface area contributed by atoms with Crippen molar-refractivity contribution >= 4 is 11.6 Å². The Morgan fingerprint density at radius 3 is 2.60 bits per heavy atom. The normalized spacial score (nSPS) is 14.3. The van der Waals surface area contributed by atoms with E-state index >= 15 is 0 Å². The van der Waals surface area contributed by atoms with Crippen LogP contribution in [-0.2, 0) is 6.54 Å². The van der Waals surface area contributed by atoms with Crippen LogP contribution in [0.15, 0.2) is 42.5 Å². The summed E-state index contributed by atoms with van der Waals surface area (Å²) in [7, 11) is 0. The van der Waals surface area contributed by atoms with Crippen molar-refractivity contribution in [2.45, 2.75) is 25.4 Å². The van der Waals surface area contributed by atoms with Gasteiger partial charge in [0.15, 0.2) is 0 Å². The van der Waals surface area contributed by atoms with Crippen LogP contribution in [0, 0.1) is 5.82 Å². The van der Waals surface area contributed by atoms with Gasteiger partial charge in [0.25, 0.3) is 0 Å². The molecule has 0 bridgehead atoms. The molecular weight excluding hydrogens is 277 g/mol. The zero-order valence-corrected chi connectivity index (χ0v) is 11.7. The quantitative estimate of drug-likeness (QED) is 0.874. The molecule has 0 amide bonds. The summed E-state index contributed by atoms with van der Waals surface area (Å²) < 4.78 is 18.7. The molecule has 4 heteroatoms. The first-order valence-corrected chi connectivity index (χ1v) is 7.04. The van der Waals surface area contributed by atoms with Gasteiger partial charge in [-0.3, -0.25) is 0 Å². The molecule has 2 nitrogen and oxygen atoms in total. The van der Waals surface area contributed by atoms with Gasteiger partial charge in [0, 0.05) is 23.2 Å². The molecule has 0 aliphatic heterocycles. The molecule has 1 aliphatic carbocycles.